The van der Waals surface area contributed by atoms with E-state index in [2.05, 4.69) is 23.8 Å². The van der Waals surface area contributed by atoms with Crippen molar-refractivity contribution >= 4 is 16.1 Å². The van der Waals surface area contributed by atoms with E-state index >= 15 is 0 Å². The normalized spacial score (nSPS) is 31.2. The number of fused-ring (bicyclic) bond motifs is 9. The molecule has 7 aliphatic rings. The van der Waals surface area contributed by atoms with Crippen molar-refractivity contribution in [2.24, 2.45) is 40.1 Å². The van der Waals surface area contributed by atoms with Gasteiger partial charge in [0, 0.05) is 42.7 Å². The van der Waals surface area contributed by atoms with Gasteiger partial charge in [0.1, 0.15) is 17.6 Å². The molecule has 2 aliphatic carbocycles. The first kappa shape index (κ1) is 42.7. The smallest absolute Gasteiger partial charge is 0.748 e. The van der Waals surface area contributed by atoms with Crippen LogP contribution in [0.1, 0.15) is 110 Å². The van der Waals surface area contributed by atoms with Gasteiger partial charge in [-0.1, -0.05) is 61.2 Å². The number of nitrogens with two attached hydrogens (primary N) is 2. The first-order valence-electron chi connectivity index (χ1n) is 20.2. The van der Waals surface area contributed by atoms with Crippen LogP contribution >= 0.6 is 0 Å². The van der Waals surface area contributed by atoms with Crippen molar-refractivity contribution in [2.75, 3.05) is 13.2 Å². The number of rotatable bonds is 6. The van der Waals surface area contributed by atoms with E-state index in [9.17, 15) is 28.3 Å². The molecular weight excluding hydrogens is 766 g/mol. The molecule has 0 radical (unpaired) electrons. The largest absolute Gasteiger partial charge is 1.00 e. The molecule has 1 fully saturated rings. The zero-order chi connectivity index (χ0) is 40.1. The van der Waals surface area contributed by atoms with E-state index in [1.54, 1.807) is 12.1 Å². The molecule has 0 unspecified atom stereocenters. The van der Waals surface area contributed by atoms with E-state index in [-0.39, 0.29) is 103 Å². The average Bonchev–Trinajstić information content (AvgIpc) is 3.30. The number of aliphatic imine (C=N–C) groups is 1. The third-order valence-corrected chi connectivity index (χ3v) is 14.5. The second kappa shape index (κ2) is 17.3. The van der Waals surface area contributed by atoms with Crippen LogP contribution in [0.4, 0.5) is 0 Å². The van der Waals surface area contributed by atoms with E-state index in [0.29, 0.717) is 49.0 Å². The Hall–Kier alpha value is -3.38. The first-order valence-corrected chi connectivity index (χ1v) is 21.7. The Labute approximate surface area is 363 Å². The Morgan fingerprint density at radius 3 is 2.53 bits per heavy atom. The molecular formula is C45H52N3NaO8S. The van der Waals surface area contributed by atoms with Crippen LogP contribution in [0.3, 0.4) is 0 Å². The minimum absolute atomic E-state index is 0. The number of hydrogen-bond donors (Lipinski definition) is 5. The molecule has 0 aromatic heterocycles. The maximum Gasteiger partial charge on any atom is 1.00 e. The summed E-state index contributed by atoms with van der Waals surface area (Å²) in [6.07, 6.45) is 5.65. The fourth-order valence-corrected chi connectivity index (χ4v) is 11.6. The topological polar surface area (TPSA) is 201 Å². The summed E-state index contributed by atoms with van der Waals surface area (Å²) in [7, 11) is -4.86. The van der Waals surface area contributed by atoms with Crippen molar-refractivity contribution in [1.82, 2.24) is 0 Å². The van der Waals surface area contributed by atoms with E-state index in [1.165, 1.54) is 0 Å². The number of aryl methyl sites for hydroxylation is 1. The third kappa shape index (κ3) is 8.48. The molecule has 3 aromatic rings. The van der Waals surface area contributed by atoms with Gasteiger partial charge in [-0.05, 0) is 127 Å². The Bertz CT molecular complexity index is 2230. The minimum Gasteiger partial charge on any atom is -0.748 e. The van der Waals surface area contributed by atoms with Gasteiger partial charge in [0.05, 0.1) is 21.5 Å². The van der Waals surface area contributed by atoms with Crippen LogP contribution in [0, 0.1) is 35.5 Å². The number of phenolic OH excluding ortho intramolecular Hbond substituents is 1. The number of aliphatic hydroxyl groups is 2. The molecule has 0 spiro atoms. The van der Waals surface area contributed by atoms with Crippen molar-refractivity contribution in [1.29, 1.82) is 0 Å². The van der Waals surface area contributed by atoms with Crippen molar-refractivity contribution in [3.8, 4) is 23.3 Å². The second-order valence-corrected chi connectivity index (χ2v) is 18.5. The Morgan fingerprint density at radius 1 is 1.03 bits per heavy atom. The number of guanidine groups is 1. The molecule has 10 atom stereocenters. The number of phenols is 1. The quantitative estimate of drug-likeness (QED) is 0.0616. The average molecular weight is 818 g/mol. The van der Waals surface area contributed by atoms with E-state index in [4.69, 9.17) is 20.9 Å². The molecule has 58 heavy (non-hydrogen) atoms. The van der Waals surface area contributed by atoms with Gasteiger partial charge in [-0.3, -0.25) is 0 Å². The molecule has 302 valence electrons. The van der Waals surface area contributed by atoms with E-state index < -0.39 is 33.1 Å². The number of allylic oxidation sites excluding steroid dienone is 1. The Balaban J connectivity index is 0.00000512. The summed E-state index contributed by atoms with van der Waals surface area (Å²) in [6, 6.07) is 18.7. The van der Waals surface area contributed by atoms with Crippen molar-refractivity contribution < 1.29 is 67.3 Å². The molecule has 1 saturated heterocycles. The summed E-state index contributed by atoms with van der Waals surface area (Å²) in [5.41, 5.74) is 16.6. The van der Waals surface area contributed by atoms with Gasteiger partial charge in [0.15, 0.2) is 5.96 Å². The monoisotopic (exact) mass is 817 g/mol. The van der Waals surface area contributed by atoms with Crippen LogP contribution in [0.15, 0.2) is 77.3 Å². The van der Waals surface area contributed by atoms with Crippen LogP contribution < -0.4 is 45.8 Å². The summed E-state index contributed by atoms with van der Waals surface area (Å²) in [6.45, 7) is 1.97. The van der Waals surface area contributed by atoms with Crippen LogP contribution in [0.5, 0.6) is 11.5 Å². The first-order chi connectivity index (χ1) is 27.4. The standard InChI is InChI=1S/C45H53N3O8S.Na/c1-26-6-7-30-21-35-13-15-37(30)39(26)24-41(57(52,53)54)40-23-32-19-31(42(40)28-8-10-33(11-9-28)45(56-35,16-3-17-49)48-44(46)47)22-36-18-27(25-50)4-2-5-29-20-34(51)12-14-38(29)43(32)55-36;/h8-15,20-21,23,26-27,31,36,39-43,49-51H,3-4,6-7,16-19,22,24-25H2,1H3,(H4,46,47,48)(H,52,53,54);/q;+1/p-1/t26-,27+,31-,36-,39+,40-,41-,42+,43-,45-;/m1./s1. The summed E-state index contributed by atoms with van der Waals surface area (Å²) >= 11 is 0. The molecule has 5 heterocycles. The van der Waals surface area contributed by atoms with Crippen LogP contribution in [0.25, 0.3) is 0 Å². The third-order valence-electron chi connectivity index (χ3n) is 13.2. The predicted molar refractivity (Wildman–Crippen MR) is 215 cm³/mol. The minimum atomic E-state index is -4.86. The molecule has 5 aliphatic heterocycles. The van der Waals surface area contributed by atoms with Gasteiger partial charge in [-0.25, -0.2) is 13.4 Å². The van der Waals surface area contributed by atoms with Gasteiger partial charge in [-0.2, -0.15) is 0 Å². The fraction of sp³-hybridized carbons (Fsp3) is 0.489. The number of aromatic hydroxyl groups is 1. The van der Waals surface area contributed by atoms with Crippen LogP contribution in [-0.4, -0.2) is 58.8 Å². The summed E-state index contributed by atoms with van der Waals surface area (Å²) in [4.78, 5) is 4.68. The predicted octanol–water partition coefficient (Wildman–Crippen LogP) is 2.59. The molecule has 0 amide bonds. The van der Waals surface area contributed by atoms with E-state index in [1.807, 2.05) is 54.6 Å². The summed E-state index contributed by atoms with van der Waals surface area (Å²) in [5, 5.41) is 29.7. The molecule has 10 bridgehead atoms. The zero-order valence-electron chi connectivity index (χ0n) is 33.2. The maximum absolute atomic E-state index is 13.9. The number of hydrogen-bond acceptors (Lipinski definition) is 9. The molecule has 11 nitrogen and oxygen atoms in total. The van der Waals surface area contributed by atoms with Gasteiger partial charge in [-0.15, -0.1) is 0 Å². The molecule has 13 heteroatoms. The second-order valence-electron chi connectivity index (χ2n) is 16.9. The summed E-state index contributed by atoms with van der Waals surface area (Å²) < 4.78 is 55.5. The zero-order valence-corrected chi connectivity index (χ0v) is 36.0. The number of aliphatic hydroxyl groups excluding tert-OH is 2. The number of benzene rings is 3. The molecule has 7 N–H and O–H groups in total. The van der Waals surface area contributed by atoms with E-state index in [0.717, 1.165) is 40.7 Å². The molecule has 0 saturated carbocycles. The fourth-order valence-electron chi connectivity index (χ4n) is 10.6. The van der Waals surface area contributed by atoms with Crippen molar-refractivity contribution in [3.05, 3.63) is 106 Å². The number of ether oxygens (including phenoxy) is 2. The Kier molecular flexibility index (Phi) is 12.8. The van der Waals surface area contributed by atoms with Crippen LogP contribution in [0.2, 0.25) is 0 Å². The van der Waals surface area contributed by atoms with Gasteiger partial charge >= 0.3 is 29.6 Å². The van der Waals surface area contributed by atoms with Crippen molar-refractivity contribution in [3.63, 3.8) is 0 Å². The molecule has 10 rings (SSSR count). The summed E-state index contributed by atoms with van der Waals surface area (Å²) in [5.74, 6) is 5.46. The van der Waals surface area contributed by atoms with Crippen molar-refractivity contribution in [2.45, 2.75) is 99.7 Å². The SMILES string of the molecule is C[C@@H]1CCc2cc3ccc2[C@H]1C[C@@H](S(=O)(=O)[O-])[C@H]1C=C2C[C@H](C[C@H]4C[C@@H](CO)CC#Cc5cc(O)ccc5[C@@H]2O4)[C@@H]1c1ccc(cc1)[C@](CCCO)(N=C(N)N)O3.[Na+]. The maximum atomic E-state index is 13.9. The number of nitrogens with zero attached hydrogens (tertiary/aromatic N) is 1. The van der Waals surface area contributed by atoms with Gasteiger partial charge in [0.2, 0.25) is 5.72 Å². The van der Waals surface area contributed by atoms with Gasteiger partial charge < -0.3 is 40.8 Å². The van der Waals surface area contributed by atoms with Gasteiger partial charge in [0.25, 0.3) is 0 Å². The molecule has 3 aromatic carbocycles. The van der Waals surface area contributed by atoms with Crippen LogP contribution in [-0.2, 0) is 27.0 Å². The Morgan fingerprint density at radius 2 is 1.81 bits per heavy atom.